The number of likely N-dealkylation sites (tertiary alicyclic amines) is 1. The summed E-state index contributed by atoms with van der Waals surface area (Å²) in [6, 6.07) is 3.20. The Balaban J connectivity index is 1.64. The highest BCUT2D eigenvalue weighted by molar-refractivity contribution is 5.91. The van der Waals surface area contributed by atoms with Crippen LogP contribution in [-0.2, 0) is 9.59 Å². The summed E-state index contributed by atoms with van der Waals surface area (Å²) in [4.78, 5) is 35.8. The second-order valence-electron chi connectivity index (χ2n) is 5.00. The van der Waals surface area contributed by atoms with Crippen molar-refractivity contribution in [3.8, 4) is 0 Å². The molecular formula is C14H18N2O5. The van der Waals surface area contributed by atoms with Crippen LogP contribution in [0.1, 0.15) is 29.8 Å². The Hall–Kier alpha value is -2.31. The average molecular weight is 294 g/mol. The van der Waals surface area contributed by atoms with Gasteiger partial charge in [-0.05, 0) is 25.0 Å². The highest BCUT2D eigenvalue weighted by atomic mass is 16.4. The van der Waals surface area contributed by atoms with E-state index in [2.05, 4.69) is 5.32 Å². The fraction of sp³-hybridized carbons (Fsp3) is 0.500. The Kier molecular flexibility index (Phi) is 4.97. The molecule has 1 aromatic heterocycles. The van der Waals surface area contributed by atoms with Crippen LogP contribution in [0.5, 0.6) is 0 Å². The lowest BCUT2D eigenvalue weighted by Crippen LogP contribution is -2.31. The molecule has 7 heteroatoms. The molecule has 1 unspecified atom stereocenters. The predicted molar refractivity (Wildman–Crippen MR) is 72.6 cm³/mol. The second kappa shape index (κ2) is 6.92. The van der Waals surface area contributed by atoms with E-state index in [-0.39, 0.29) is 24.1 Å². The van der Waals surface area contributed by atoms with Crippen LogP contribution in [0, 0.1) is 5.92 Å². The van der Waals surface area contributed by atoms with Crippen LogP contribution in [0.4, 0.5) is 0 Å². The fourth-order valence-electron chi connectivity index (χ4n) is 2.28. The summed E-state index contributed by atoms with van der Waals surface area (Å²) in [5, 5.41) is 11.5. The van der Waals surface area contributed by atoms with Crippen LogP contribution in [-0.4, -0.2) is 47.4 Å². The third kappa shape index (κ3) is 4.08. The molecule has 0 radical (unpaired) electrons. The van der Waals surface area contributed by atoms with Gasteiger partial charge in [0.1, 0.15) is 0 Å². The molecule has 2 amide bonds. The molecule has 1 aliphatic rings. The van der Waals surface area contributed by atoms with Gasteiger partial charge in [0.05, 0.1) is 12.2 Å². The first-order valence-corrected chi connectivity index (χ1v) is 6.90. The molecule has 0 spiro atoms. The first-order chi connectivity index (χ1) is 10.1. The normalized spacial score (nSPS) is 17.7. The first kappa shape index (κ1) is 15.1. The van der Waals surface area contributed by atoms with Gasteiger partial charge in [-0.2, -0.15) is 0 Å². The van der Waals surface area contributed by atoms with E-state index in [1.165, 1.54) is 6.26 Å². The minimum Gasteiger partial charge on any atom is -0.481 e. The molecule has 1 fully saturated rings. The van der Waals surface area contributed by atoms with Gasteiger partial charge in [-0.1, -0.05) is 0 Å². The third-order valence-electron chi connectivity index (χ3n) is 3.49. The number of furan rings is 1. The van der Waals surface area contributed by atoms with Crippen molar-refractivity contribution in [1.29, 1.82) is 0 Å². The van der Waals surface area contributed by atoms with E-state index in [9.17, 15) is 14.4 Å². The van der Waals surface area contributed by atoms with E-state index in [0.29, 0.717) is 32.4 Å². The maximum Gasteiger partial charge on any atom is 0.308 e. The molecule has 0 aliphatic carbocycles. The number of nitrogens with one attached hydrogen (secondary N) is 1. The lowest BCUT2D eigenvalue weighted by molar-refractivity contribution is -0.141. The van der Waals surface area contributed by atoms with Crippen LogP contribution in [0.15, 0.2) is 22.8 Å². The van der Waals surface area contributed by atoms with Gasteiger partial charge in [0, 0.05) is 26.1 Å². The molecule has 21 heavy (non-hydrogen) atoms. The van der Waals surface area contributed by atoms with Crippen molar-refractivity contribution < 1.29 is 23.9 Å². The van der Waals surface area contributed by atoms with E-state index in [4.69, 9.17) is 9.52 Å². The summed E-state index contributed by atoms with van der Waals surface area (Å²) in [6.45, 7) is 1.16. The Morgan fingerprint density at radius 1 is 1.43 bits per heavy atom. The first-order valence-electron chi connectivity index (χ1n) is 6.90. The monoisotopic (exact) mass is 294 g/mol. The number of amides is 2. The molecule has 1 atom stereocenters. The lowest BCUT2D eigenvalue weighted by Gasteiger charge is -2.15. The van der Waals surface area contributed by atoms with Crippen molar-refractivity contribution in [1.82, 2.24) is 10.2 Å². The van der Waals surface area contributed by atoms with E-state index < -0.39 is 11.9 Å². The number of nitrogens with zero attached hydrogens (tertiary/aromatic N) is 1. The standard InChI is InChI=1S/C14H18N2O5/c17-12(16-7-5-10(9-16)14(19)20)4-1-6-15-13(18)11-3-2-8-21-11/h2-3,8,10H,1,4-7,9H2,(H,15,18)(H,19,20). The quantitative estimate of drug-likeness (QED) is 0.753. The Bertz CT molecular complexity index is 511. The summed E-state index contributed by atoms with van der Waals surface area (Å²) in [5.74, 6) is -1.43. The van der Waals surface area contributed by atoms with Crippen molar-refractivity contribution in [2.24, 2.45) is 5.92 Å². The van der Waals surface area contributed by atoms with E-state index in [0.717, 1.165) is 0 Å². The van der Waals surface area contributed by atoms with Gasteiger partial charge in [-0.3, -0.25) is 14.4 Å². The molecule has 0 aromatic carbocycles. The molecule has 0 saturated carbocycles. The second-order valence-corrected chi connectivity index (χ2v) is 5.00. The van der Waals surface area contributed by atoms with Crippen LogP contribution < -0.4 is 5.32 Å². The van der Waals surface area contributed by atoms with E-state index in [1.807, 2.05) is 0 Å². The van der Waals surface area contributed by atoms with E-state index in [1.54, 1.807) is 17.0 Å². The van der Waals surface area contributed by atoms with Gasteiger partial charge in [-0.15, -0.1) is 0 Å². The van der Waals surface area contributed by atoms with Crippen LogP contribution in [0.2, 0.25) is 0 Å². The minimum atomic E-state index is -0.851. The summed E-state index contributed by atoms with van der Waals surface area (Å²) < 4.78 is 4.95. The molecule has 114 valence electrons. The van der Waals surface area contributed by atoms with Crippen molar-refractivity contribution in [2.45, 2.75) is 19.3 Å². The summed E-state index contributed by atoms with van der Waals surface area (Å²) in [7, 11) is 0. The predicted octanol–water partition coefficient (Wildman–Crippen LogP) is 0.723. The molecule has 7 nitrogen and oxygen atoms in total. The number of aliphatic carboxylic acids is 1. The Morgan fingerprint density at radius 3 is 2.86 bits per heavy atom. The number of carbonyl (C=O) groups excluding carboxylic acids is 2. The molecule has 2 N–H and O–H groups in total. The molecule has 2 rings (SSSR count). The largest absolute Gasteiger partial charge is 0.481 e. The van der Waals surface area contributed by atoms with Gasteiger partial charge < -0.3 is 19.7 Å². The SMILES string of the molecule is O=C(NCCCC(=O)N1CCC(C(=O)O)C1)c1ccco1. The van der Waals surface area contributed by atoms with Crippen molar-refractivity contribution in [3.63, 3.8) is 0 Å². The summed E-state index contributed by atoms with van der Waals surface area (Å²) in [5.41, 5.74) is 0. The van der Waals surface area contributed by atoms with Crippen molar-refractivity contribution >= 4 is 17.8 Å². The molecule has 1 saturated heterocycles. The van der Waals surface area contributed by atoms with Gasteiger partial charge in [-0.25, -0.2) is 0 Å². The van der Waals surface area contributed by atoms with Crippen LogP contribution in [0.3, 0.4) is 0 Å². The molecule has 1 aliphatic heterocycles. The smallest absolute Gasteiger partial charge is 0.308 e. The summed E-state index contributed by atoms with van der Waals surface area (Å²) >= 11 is 0. The highest BCUT2D eigenvalue weighted by Gasteiger charge is 2.30. The molecule has 2 heterocycles. The average Bonchev–Trinajstić information content (AvgIpc) is 3.13. The zero-order valence-corrected chi connectivity index (χ0v) is 11.6. The maximum absolute atomic E-state index is 11.9. The highest BCUT2D eigenvalue weighted by Crippen LogP contribution is 2.17. The van der Waals surface area contributed by atoms with Crippen molar-refractivity contribution in [2.75, 3.05) is 19.6 Å². The van der Waals surface area contributed by atoms with E-state index >= 15 is 0 Å². The topological polar surface area (TPSA) is 99.9 Å². The van der Waals surface area contributed by atoms with Crippen LogP contribution >= 0.6 is 0 Å². The number of rotatable bonds is 6. The van der Waals surface area contributed by atoms with Crippen molar-refractivity contribution in [3.05, 3.63) is 24.2 Å². The Morgan fingerprint density at radius 2 is 2.24 bits per heavy atom. The molecule has 0 bridgehead atoms. The zero-order valence-electron chi connectivity index (χ0n) is 11.6. The minimum absolute atomic E-state index is 0.0639. The number of carbonyl (C=O) groups is 3. The fourth-order valence-corrected chi connectivity index (χ4v) is 2.28. The number of carboxylic acids is 1. The lowest BCUT2D eigenvalue weighted by atomic mass is 10.1. The molecular weight excluding hydrogens is 276 g/mol. The number of hydrogen-bond donors (Lipinski definition) is 2. The summed E-state index contributed by atoms with van der Waals surface area (Å²) in [6.07, 6.45) is 2.74. The van der Waals surface area contributed by atoms with Gasteiger partial charge in [0.15, 0.2) is 5.76 Å². The van der Waals surface area contributed by atoms with Gasteiger partial charge in [0.2, 0.25) is 5.91 Å². The number of carboxylic acid groups (broad SMARTS) is 1. The Labute approximate surface area is 121 Å². The van der Waals surface area contributed by atoms with Gasteiger partial charge in [0.25, 0.3) is 5.91 Å². The number of hydrogen-bond acceptors (Lipinski definition) is 4. The zero-order chi connectivity index (χ0) is 15.2. The van der Waals surface area contributed by atoms with Gasteiger partial charge >= 0.3 is 5.97 Å². The molecule has 1 aromatic rings. The third-order valence-corrected chi connectivity index (χ3v) is 3.49. The maximum atomic E-state index is 11.9. The van der Waals surface area contributed by atoms with Crippen LogP contribution in [0.25, 0.3) is 0 Å².